The Hall–Kier alpha value is -1.14. The van der Waals surface area contributed by atoms with Crippen LogP contribution in [0.25, 0.3) is 17.2 Å². The maximum atomic E-state index is 2.49. The van der Waals surface area contributed by atoms with Crippen molar-refractivity contribution in [1.82, 2.24) is 0 Å². The molecule has 0 saturated heterocycles. The van der Waals surface area contributed by atoms with E-state index in [1.54, 1.807) is 16.7 Å². The quantitative estimate of drug-likeness (QED) is 0.503. The van der Waals surface area contributed by atoms with E-state index < -0.39 is 23.2 Å². The summed E-state index contributed by atoms with van der Waals surface area (Å²) in [5.41, 5.74) is 12.0. The summed E-state index contributed by atoms with van der Waals surface area (Å²) in [7, 11) is 0. The first-order valence-electron chi connectivity index (χ1n) is 8.96. The van der Waals surface area contributed by atoms with Gasteiger partial charge in [0.05, 0.1) is 0 Å². The molecule has 0 bridgehead atoms. The molecule has 3 aromatic rings. The smallest absolute Gasteiger partial charge is 1.00 e. The Morgan fingerprint density at radius 3 is 1.96 bits per heavy atom. The fraction of sp³-hybridized carbons (Fsp3) is 0.167. The molecule has 2 aliphatic rings. The number of allylic oxidation sites excluding steroid dienone is 1. The molecule has 1 atom stereocenters. The topological polar surface area (TPSA) is 0 Å². The number of fused-ring (bicyclic) bond motifs is 4. The Bertz CT molecular complexity index is 977. The Morgan fingerprint density at radius 2 is 1.33 bits per heavy atom. The third-order valence-electron chi connectivity index (χ3n) is 5.53. The van der Waals surface area contributed by atoms with Gasteiger partial charge in [0.25, 0.3) is 0 Å². The minimum absolute atomic E-state index is 0. The van der Waals surface area contributed by atoms with Crippen LogP contribution in [0.4, 0.5) is 0 Å². The van der Waals surface area contributed by atoms with Crippen molar-refractivity contribution in [3.05, 3.63) is 100 Å². The molecule has 3 heteroatoms. The molecule has 27 heavy (non-hydrogen) atoms. The van der Waals surface area contributed by atoms with Crippen molar-refractivity contribution in [1.29, 1.82) is 0 Å². The number of hydrogen-bond donors (Lipinski definition) is 0. The van der Waals surface area contributed by atoms with E-state index in [2.05, 4.69) is 86.7 Å². The first-order valence-corrected chi connectivity index (χ1v) is 11.8. The molecule has 0 heterocycles. The Balaban J connectivity index is 0.00000105. The van der Waals surface area contributed by atoms with E-state index in [0.29, 0.717) is 7.25 Å². The summed E-state index contributed by atoms with van der Waals surface area (Å²) in [6.07, 6.45) is 4.87. The first-order chi connectivity index (χ1) is 12.2. The predicted octanol–water partition coefficient (Wildman–Crippen LogP) is 0.232. The fourth-order valence-corrected chi connectivity index (χ4v) is 8.99. The van der Waals surface area contributed by atoms with Crippen LogP contribution < -0.4 is 24.8 Å². The monoisotopic (exact) mass is 468 g/mol. The third kappa shape index (κ3) is 3.40. The van der Waals surface area contributed by atoms with E-state index in [0.717, 1.165) is 0 Å². The summed E-state index contributed by atoms with van der Waals surface area (Å²) in [4.78, 5) is 0. The Morgan fingerprint density at radius 1 is 0.741 bits per heavy atom. The van der Waals surface area contributed by atoms with Crippen molar-refractivity contribution in [2.75, 3.05) is 0 Å². The van der Waals surface area contributed by atoms with Gasteiger partial charge in [-0.1, -0.05) is 0 Å². The van der Waals surface area contributed by atoms with Crippen LogP contribution in [0.3, 0.4) is 0 Å². The molecular weight excluding hydrogens is 450 g/mol. The summed E-state index contributed by atoms with van der Waals surface area (Å²) in [6, 6.07) is 22.9. The van der Waals surface area contributed by atoms with Crippen LogP contribution in [0.15, 0.2) is 66.7 Å². The molecule has 0 N–H and O–H groups in total. The molecule has 0 fully saturated rings. The number of rotatable bonds is 2. The van der Waals surface area contributed by atoms with Gasteiger partial charge in [-0.05, 0) is 0 Å². The zero-order chi connectivity index (χ0) is 17.0. The number of aryl methyl sites for hydroxylation is 2. The molecule has 0 aliphatic heterocycles. The van der Waals surface area contributed by atoms with Crippen molar-refractivity contribution in [2.24, 2.45) is 0 Å². The second-order valence-electron chi connectivity index (χ2n) is 7.20. The third-order valence-corrected chi connectivity index (χ3v) is 10.0. The second kappa shape index (κ2) is 8.08. The normalized spacial score (nSPS) is 15.9. The van der Waals surface area contributed by atoms with Crippen LogP contribution in [0.1, 0.15) is 40.6 Å². The van der Waals surface area contributed by atoms with Crippen molar-refractivity contribution in [3.8, 4) is 11.1 Å². The van der Waals surface area contributed by atoms with Crippen molar-refractivity contribution in [2.45, 2.75) is 21.1 Å². The molecule has 2 aliphatic carbocycles. The molecule has 0 aromatic heterocycles. The van der Waals surface area contributed by atoms with Crippen LogP contribution in [0, 0.1) is 13.8 Å². The number of benzene rings is 3. The zero-order valence-corrected chi connectivity index (χ0v) is 19.3. The minimum Gasteiger partial charge on any atom is -1.00 e. The summed E-state index contributed by atoms with van der Waals surface area (Å²) in [5.74, 6) is 0. The molecular formula is C24H20Cl2Zr. The summed E-state index contributed by atoms with van der Waals surface area (Å²) < 4.78 is 1.35. The van der Waals surface area contributed by atoms with E-state index in [1.165, 1.54) is 27.8 Å². The summed E-state index contributed by atoms with van der Waals surface area (Å²) in [6.45, 7) is 4.48. The molecule has 1 unspecified atom stereocenters. The number of halogens is 2. The van der Waals surface area contributed by atoms with Gasteiger partial charge < -0.3 is 24.8 Å². The van der Waals surface area contributed by atoms with Crippen LogP contribution in [0.5, 0.6) is 0 Å². The van der Waals surface area contributed by atoms with Gasteiger partial charge in [-0.3, -0.25) is 0 Å². The van der Waals surface area contributed by atoms with Gasteiger partial charge in [-0.2, -0.15) is 0 Å². The standard InChI is InChI=1S/C13H9.C11H11.2ClH.Zr/c1-3-7-12-10(5-1)9-11-6-2-4-8-13(11)12;1-8-6-9(2)11-5-3-4-10(11)7-8;;;/h1-9H;3-7H,1-2H3;2*1H;/q;;;;+2/p-2. The first kappa shape index (κ1) is 20.6. The van der Waals surface area contributed by atoms with Crippen LogP contribution in [-0.4, -0.2) is 0 Å². The van der Waals surface area contributed by atoms with Gasteiger partial charge in [0.1, 0.15) is 0 Å². The largest absolute Gasteiger partial charge is 1.00 e. The number of hydrogen-bond acceptors (Lipinski definition) is 0. The molecule has 0 spiro atoms. The zero-order valence-electron chi connectivity index (χ0n) is 15.3. The average molecular weight is 471 g/mol. The Kier molecular flexibility index (Phi) is 6.16. The van der Waals surface area contributed by atoms with Gasteiger partial charge in [-0.15, -0.1) is 0 Å². The molecule has 0 radical (unpaired) electrons. The van der Waals surface area contributed by atoms with Crippen LogP contribution in [0.2, 0.25) is 0 Å². The van der Waals surface area contributed by atoms with Crippen LogP contribution >= 0.6 is 0 Å². The van der Waals surface area contributed by atoms with Crippen molar-refractivity contribution in [3.63, 3.8) is 0 Å². The molecule has 3 aromatic carbocycles. The maximum Gasteiger partial charge on any atom is -1.00 e. The molecule has 0 saturated carbocycles. The van der Waals surface area contributed by atoms with E-state index >= 15 is 0 Å². The molecule has 0 nitrogen and oxygen atoms in total. The summed E-state index contributed by atoms with van der Waals surface area (Å²) in [5, 5.41) is 0. The van der Waals surface area contributed by atoms with Gasteiger partial charge in [0.15, 0.2) is 0 Å². The molecule has 134 valence electrons. The summed E-state index contributed by atoms with van der Waals surface area (Å²) >= 11 is -0.724. The molecule has 5 rings (SSSR count). The fourth-order valence-electron chi connectivity index (χ4n) is 4.45. The van der Waals surface area contributed by atoms with Gasteiger partial charge in [0, 0.05) is 0 Å². The van der Waals surface area contributed by atoms with Gasteiger partial charge in [-0.25, -0.2) is 0 Å². The maximum absolute atomic E-state index is 2.49. The minimum atomic E-state index is -0.724. The SMILES string of the molecule is Cc1cc(C)c2c(c1)[CH]([Zr+2][CH]1c3ccccc3-c3ccccc31)C=C2.[Cl-].[Cl-]. The van der Waals surface area contributed by atoms with Crippen molar-refractivity contribution < 1.29 is 48.0 Å². The van der Waals surface area contributed by atoms with Crippen molar-refractivity contribution >= 4 is 6.08 Å². The second-order valence-corrected chi connectivity index (χ2v) is 11.0. The van der Waals surface area contributed by atoms with Crippen LogP contribution in [-0.2, 0) is 23.2 Å². The van der Waals surface area contributed by atoms with E-state index in [1.807, 2.05) is 0 Å². The van der Waals surface area contributed by atoms with E-state index in [9.17, 15) is 0 Å². The Labute approximate surface area is 185 Å². The van der Waals surface area contributed by atoms with E-state index in [-0.39, 0.29) is 24.8 Å². The average Bonchev–Trinajstić information content (AvgIpc) is 3.16. The van der Waals surface area contributed by atoms with E-state index in [4.69, 9.17) is 0 Å². The molecule has 0 amide bonds. The van der Waals surface area contributed by atoms with Gasteiger partial charge in [0.2, 0.25) is 0 Å². The van der Waals surface area contributed by atoms with Gasteiger partial charge >= 0.3 is 162 Å². The predicted molar refractivity (Wildman–Crippen MR) is 101 cm³/mol.